The molecule has 0 atom stereocenters. The normalized spacial score (nSPS) is 10.2. The monoisotopic (exact) mass is 1020 g/mol. The first-order chi connectivity index (χ1) is 33.5. The van der Waals surface area contributed by atoms with Crippen LogP contribution in [0.2, 0.25) is 15.1 Å². The quantitative estimate of drug-likeness (QED) is 0.0869. The van der Waals surface area contributed by atoms with Crippen molar-refractivity contribution in [1.29, 1.82) is 4.78 Å². The van der Waals surface area contributed by atoms with Crippen molar-refractivity contribution in [2.24, 2.45) is 0 Å². The number of carbonyl (C=O) groups is 4. The van der Waals surface area contributed by atoms with E-state index >= 15 is 0 Å². The fourth-order valence-corrected chi connectivity index (χ4v) is 6.65. The largest absolute Gasteiger partial charge is 0.322 e. The maximum atomic E-state index is 13.0. The fraction of sp³-hybridized carbons (Fsp3) is 0.0204. The van der Waals surface area contributed by atoms with Gasteiger partial charge in [-0.3, -0.25) is 37.9 Å². The third-order valence-electron chi connectivity index (χ3n) is 9.51. The standard InChI is InChI=1S/C25H19ClN4O3.C24H16Cl2N4O3.HNO2S/c1-16-5-11-21(29-25(33)22-12-6-17(26)15-27-22)20(14-16)24(32)28-18-7-9-19(10-8-18)30-13-3-2-4-23(30)31;25-15-4-10-20(29-24(33)21-11-5-16(26)14-27-21)19(13-15)23(32)28-17-6-8-18(9-7-17)30-12-2-1-3-22(30)31;1-4(2)3/h2-15H,1H3,(H,28,32)(H,29,33);1-14H,(H,28,32)(H,29,33);1H. The Morgan fingerprint density at radius 3 is 1.30 bits per heavy atom. The number of aromatic nitrogens is 4. The van der Waals surface area contributed by atoms with Gasteiger partial charge in [-0.2, -0.15) is 13.2 Å². The number of rotatable bonds is 10. The number of hydrogen-bond acceptors (Lipinski definition) is 11. The maximum absolute atomic E-state index is 13.0. The van der Waals surface area contributed by atoms with E-state index in [0.29, 0.717) is 49.1 Å². The van der Waals surface area contributed by atoms with Crippen LogP contribution in [-0.4, -0.2) is 51.1 Å². The van der Waals surface area contributed by atoms with Gasteiger partial charge < -0.3 is 21.3 Å². The summed E-state index contributed by atoms with van der Waals surface area (Å²) in [6, 6.07) is 39.3. The number of amides is 4. The van der Waals surface area contributed by atoms with E-state index < -0.39 is 28.2 Å². The Labute approximate surface area is 414 Å². The summed E-state index contributed by atoms with van der Waals surface area (Å²) in [6.07, 6.45) is 6.07. The molecule has 21 heteroatoms. The zero-order valence-corrected chi connectivity index (χ0v) is 39.3. The van der Waals surface area contributed by atoms with Gasteiger partial charge in [0.05, 0.1) is 32.5 Å². The van der Waals surface area contributed by atoms with Crippen LogP contribution in [0.25, 0.3) is 11.4 Å². The van der Waals surface area contributed by atoms with Gasteiger partial charge in [0, 0.05) is 64.7 Å². The van der Waals surface area contributed by atoms with Crippen molar-refractivity contribution >= 4 is 91.7 Å². The van der Waals surface area contributed by atoms with Crippen LogP contribution in [0.5, 0.6) is 0 Å². The third-order valence-corrected chi connectivity index (χ3v) is 10.2. The Balaban J connectivity index is 0.000000213. The predicted molar refractivity (Wildman–Crippen MR) is 269 cm³/mol. The molecule has 4 heterocycles. The van der Waals surface area contributed by atoms with Crippen molar-refractivity contribution in [2.75, 3.05) is 21.3 Å². The Hall–Kier alpha value is -8.55. The lowest BCUT2D eigenvalue weighted by molar-refractivity contribution is 0.100. The van der Waals surface area contributed by atoms with Gasteiger partial charge in [0.15, 0.2) is 0 Å². The van der Waals surface area contributed by atoms with E-state index in [-0.39, 0.29) is 39.7 Å². The average Bonchev–Trinajstić information content (AvgIpc) is 3.34. The molecule has 0 aliphatic rings. The summed E-state index contributed by atoms with van der Waals surface area (Å²) in [5.74, 6) is -1.81. The molecule has 5 N–H and O–H groups in total. The van der Waals surface area contributed by atoms with Crippen LogP contribution in [0.15, 0.2) is 180 Å². The molecule has 0 saturated heterocycles. The van der Waals surface area contributed by atoms with E-state index in [1.54, 1.807) is 122 Å². The average molecular weight is 1020 g/mol. The SMILES string of the molecule is Cc1ccc(NC(=O)c2ccc(Cl)cn2)c(C(=O)Nc2ccc(-n3ccccc3=O)cc2)c1.N=S(=O)=O.O=C(Nc1ccc(Cl)cc1C(=O)Nc1ccc(-n2ccccc2=O)cc1)c1ccc(Cl)cn1. The highest BCUT2D eigenvalue weighted by molar-refractivity contribution is 7.60. The number of carbonyl (C=O) groups excluding carboxylic acids is 4. The molecule has 0 fully saturated rings. The number of benzene rings is 4. The molecule has 0 unspecified atom stereocenters. The summed E-state index contributed by atoms with van der Waals surface area (Å²) in [5.41, 5.74) is 4.37. The molecule has 352 valence electrons. The van der Waals surface area contributed by atoms with E-state index in [0.717, 1.165) is 5.56 Å². The predicted octanol–water partition coefficient (Wildman–Crippen LogP) is 9.37. The molecule has 0 bridgehead atoms. The number of nitrogens with zero attached hydrogens (tertiary/aromatic N) is 4. The number of anilines is 4. The van der Waals surface area contributed by atoms with Crippen LogP contribution in [0, 0.1) is 11.7 Å². The molecule has 17 nitrogen and oxygen atoms in total. The van der Waals surface area contributed by atoms with Gasteiger partial charge in [-0.05, 0) is 122 Å². The van der Waals surface area contributed by atoms with E-state index in [1.807, 2.05) is 6.92 Å². The highest BCUT2D eigenvalue weighted by Gasteiger charge is 2.18. The fourth-order valence-electron chi connectivity index (χ4n) is 6.25. The summed E-state index contributed by atoms with van der Waals surface area (Å²) in [5, 5.41) is 12.2. The lowest BCUT2D eigenvalue weighted by atomic mass is 10.1. The highest BCUT2D eigenvalue weighted by Crippen LogP contribution is 2.25. The molecular weight excluding hydrogens is 981 g/mol. The first-order valence-electron chi connectivity index (χ1n) is 20.3. The number of aryl methyl sites for hydroxylation is 1. The molecule has 4 aromatic heterocycles. The summed E-state index contributed by atoms with van der Waals surface area (Å²) >= 11 is 17.7. The number of nitrogens with one attached hydrogen (secondary N) is 5. The minimum atomic E-state index is -2.61. The van der Waals surface area contributed by atoms with Crippen LogP contribution in [-0.2, 0) is 10.5 Å². The van der Waals surface area contributed by atoms with Crippen LogP contribution in [0.4, 0.5) is 22.7 Å². The molecule has 4 aromatic carbocycles. The van der Waals surface area contributed by atoms with Crippen molar-refractivity contribution in [3.8, 4) is 11.4 Å². The summed E-state index contributed by atoms with van der Waals surface area (Å²) in [7, 11) is -2.61. The number of pyridine rings is 4. The maximum Gasteiger partial charge on any atom is 0.308 e. The summed E-state index contributed by atoms with van der Waals surface area (Å²) < 4.78 is 25.8. The molecule has 8 rings (SSSR count). The Bertz CT molecular complexity index is 3230. The van der Waals surface area contributed by atoms with Crippen LogP contribution in [0.1, 0.15) is 47.3 Å². The van der Waals surface area contributed by atoms with Crippen LogP contribution >= 0.6 is 34.8 Å². The minimum absolute atomic E-state index is 0.146. The molecule has 0 radical (unpaired) electrons. The summed E-state index contributed by atoms with van der Waals surface area (Å²) in [6.45, 7) is 1.86. The molecule has 0 spiro atoms. The topological polar surface area (TPSA) is 244 Å². The van der Waals surface area contributed by atoms with Gasteiger partial charge in [0.25, 0.3) is 34.7 Å². The first kappa shape index (κ1) is 50.9. The van der Waals surface area contributed by atoms with Crippen molar-refractivity contribution in [3.05, 3.63) is 234 Å². The van der Waals surface area contributed by atoms with Crippen molar-refractivity contribution in [1.82, 2.24) is 19.1 Å². The second-order valence-corrected chi connectivity index (χ2v) is 16.2. The van der Waals surface area contributed by atoms with Gasteiger partial charge in [0.1, 0.15) is 11.4 Å². The zero-order chi connectivity index (χ0) is 50.3. The number of hydrogen-bond donors (Lipinski definition) is 5. The molecule has 4 amide bonds. The van der Waals surface area contributed by atoms with Gasteiger partial charge >= 0.3 is 10.5 Å². The Morgan fingerprint density at radius 2 is 0.900 bits per heavy atom. The van der Waals surface area contributed by atoms with E-state index in [9.17, 15) is 28.8 Å². The lowest BCUT2D eigenvalue weighted by Crippen LogP contribution is -2.19. The second kappa shape index (κ2) is 23.9. The molecule has 70 heavy (non-hydrogen) atoms. The highest BCUT2D eigenvalue weighted by atomic mass is 35.5. The van der Waals surface area contributed by atoms with Crippen LogP contribution < -0.4 is 32.4 Å². The van der Waals surface area contributed by atoms with E-state index in [4.69, 9.17) is 48.0 Å². The second-order valence-electron chi connectivity index (χ2n) is 14.4. The van der Waals surface area contributed by atoms with Crippen LogP contribution in [0.3, 0.4) is 0 Å². The zero-order valence-electron chi connectivity index (χ0n) is 36.3. The van der Waals surface area contributed by atoms with Crippen molar-refractivity contribution in [2.45, 2.75) is 6.92 Å². The minimum Gasteiger partial charge on any atom is -0.322 e. The molecule has 8 aromatic rings. The van der Waals surface area contributed by atoms with E-state index in [1.165, 1.54) is 57.9 Å². The van der Waals surface area contributed by atoms with Gasteiger partial charge in [-0.25, -0.2) is 9.97 Å². The number of halogens is 3. The first-order valence-corrected chi connectivity index (χ1v) is 22.5. The van der Waals surface area contributed by atoms with Crippen molar-refractivity contribution in [3.63, 3.8) is 0 Å². The molecule has 0 aliphatic heterocycles. The van der Waals surface area contributed by atoms with Gasteiger partial charge in [-0.1, -0.05) is 58.6 Å². The van der Waals surface area contributed by atoms with Gasteiger partial charge in [0.2, 0.25) is 0 Å². The van der Waals surface area contributed by atoms with Crippen molar-refractivity contribution < 1.29 is 27.6 Å². The lowest BCUT2D eigenvalue weighted by Gasteiger charge is -2.13. The summed E-state index contributed by atoms with van der Waals surface area (Å²) in [4.78, 5) is 83.0. The molecule has 0 aliphatic carbocycles. The molecule has 0 saturated carbocycles. The van der Waals surface area contributed by atoms with Gasteiger partial charge in [-0.15, -0.1) is 0 Å². The Morgan fingerprint density at radius 1 is 0.500 bits per heavy atom. The third kappa shape index (κ3) is 14.2. The smallest absolute Gasteiger partial charge is 0.308 e. The molecular formula is C49H36Cl3N9O8S. The van der Waals surface area contributed by atoms with E-state index in [2.05, 4.69) is 31.2 Å². The Kier molecular flexibility index (Phi) is 17.4.